The van der Waals surface area contributed by atoms with Crippen LogP contribution in [0.3, 0.4) is 0 Å². The van der Waals surface area contributed by atoms with Crippen LogP contribution in [0.2, 0.25) is 0 Å². The van der Waals surface area contributed by atoms with Crippen molar-refractivity contribution in [3.8, 4) is 5.75 Å². The second-order valence-electron chi connectivity index (χ2n) is 6.65. The summed E-state index contributed by atoms with van der Waals surface area (Å²) in [5.41, 5.74) is 7.34. The summed E-state index contributed by atoms with van der Waals surface area (Å²) >= 11 is 0. The molecule has 0 saturated heterocycles. The van der Waals surface area contributed by atoms with Crippen molar-refractivity contribution in [2.45, 2.75) is 39.5 Å². The maximum atomic E-state index is 12.2. The Labute approximate surface area is 149 Å². The molecule has 0 bridgehead atoms. The first-order valence-corrected chi connectivity index (χ1v) is 8.72. The minimum absolute atomic E-state index is 0.0791. The van der Waals surface area contributed by atoms with Crippen LogP contribution in [-0.4, -0.2) is 25.5 Å². The van der Waals surface area contributed by atoms with Gasteiger partial charge in [0.1, 0.15) is 5.75 Å². The fourth-order valence-electron chi connectivity index (χ4n) is 3.17. The number of esters is 1. The Balaban J connectivity index is 1.98. The molecule has 1 saturated carbocycles. The smallest absolute Gasteiger partial charge is 0.309 e. The third-order valence-electron chi connectivity index (χ3n) is 4.93. The Morgan fingerprint density at radius 3 is 2.36 bits per heavy atom. The number of carbonyl (C=O) groups is 2. The van der Waals surface area contributed by atoms with Gasteiger partial charge in [-0.2, -0.15) is 0 Å². The van der Waals surface area contributed by atoms with Gasteiger partial charge in [-0.05, 0) is 51.0 Å². The van der Waals surface area contributed by atoms with Gasteiger partial charge >= 0.3 is 5.97 Å². The van der Waals surface area contributed by atoms with E-state index in [2.05, 4.69) is 0 Å². The SMILES string of the molecule is COC(=O)C1CCCCC1COc1ccc(C(=O)C(C)=C(C)N)cc1. The summed E-state index contributed by atoms with van der Waals surface area (Å²) in [6.07, 6.45) is 3.99. The van der Waals surface area contributed by atoms with Gasteiger partial charge in [0.15, 0.2) is 5.78 Å². The highest BCUT2D eigenvalue weighted by Gasteiger charge is 2.32. The van der Waals surface area contributed by atoms with Crippen LogP contribution in [0, 0.1) is 11.8 Å². The highest BCUT2D eigenvalue weighted by molar-refractivity contribution is 6.08. The van der Waals surface area contributed by atoms with Crippen molar-refractivity contribution < 1.29 is 19.1 Å². The first kappa shape index (κ1) is 19.0. The van der Waals surface area contributed by atoms with Gasteiger partial charge in [0.25, 0.3) is 0 Å². The minimum atomic E-state index is -0.145. The fraction of sp³-hybridized carbons (Fsp3) is 0.500. The van der Waals surface area contributed by atoms with Gasteiger partial charge < -0.3 is 15.2 Å². The van der Waals surface area contributed by atoms with Gasteiger partial charge in [0.2, 0.25) is 0 Å². The highest BCUT2D eigenvalue weighted by Crippen LogP contribution is 2.31. The monoisotopic (exact) mass is 345 g/mol. The van der Waals surface area contributed by atoms with Gasteiger partial charge in [-0.1, -0.05) is 12.8 Å². The molecule has 2 N–H and O–H groups in total. The number of rotatable bonds is 6. The number of hydrogen-bond acceptors (Lipinski definition) is 5. The number of hydrogen-bond donors (Lipinski definition) is 1. The van der Waals surface area contributed by atoms with Crippen LogP contribution >= 0.6 is 0 Å². The molecular formula is C20H27NO4. The molecule has 0 heterocycles. The molecule has 0 radical (unpaired) electrons. The predicted octanol–water partition coefficient (Wildman–Crippen LogP) is 3.48. The van der Waals surface area contributed by atoms with Crippen LogP contribution < -0.4 is 10.5 Å². The summed E-state index contributed by atoms with van der Waals surface area (Å²) in [5.74, 6) is 0.558. The minimum Gasteiger partial charge on any atom is -0.493 e. The Kier molecular flexibility index (Phi) is 6.62. The van der Waals surface area contributed by atoms with E-state index in [9.17, 15) is 9.59 Å². The lowest BCUT2D eigenvalue weighted by Crippen LogP contribution is -2.32. The Morgan fingerprint density at radius 1 is 1.12 bits per heavy atom. The molecule has 1 aliphatic carbocycles. The number of benzene rings is 1. The molecule has 2 unspecified atom stereocenters. The molecule has 5 nitrogen and oxygen atoms in total. The quantitative estimate of drug-likeness (QED) is 0.485. The molecule has 0 spiro atoms. The molecular weight excluding hydrogens is 318 g/mol. The molecule has 0 amide bonds. The number of ether oxygens (including phenoxy) is 2. The largest absolute Gasteiger partial charge is 0.493 e. The number of carbonyl (C=O) groups excluding carboxylic acids is 2. The van der Waals surface area contributed by atoms with E-state index >= 15 is 0 Å². The summed E-state index contributed by atoms with van der Waals surface area (Å²) in [6.45, 7) is 3.92. The molecule has 2 rings (SSSR count). The van der Waals surface area contributed by atoms with Gasteiger partial charge in [-0.15, -0.1) is 0 Å². The van der Waals surface area contributed by atoms with Gasteiger partial charge in [0, 0.05) is 22.8 Å². The summed E-state index contributed by atoms with van der Waals surface area (Å²) < 4.78 is 10.8. The third-order valence-corrected chi connectivity index (χ3v) is 4.93. The van der Waals surface area contributed by atoms with E-state index in [1.54, 1.807) is 38.1 Å². The van der Waals surface area contributed by atoms with Crippen LogP contribution in [0.25, 0.3) is 0 Å². The van der Waals surface area contributed by atoms with Crippen LogP contribution in [-0.2, 0) is 9.53 Å². The molecule has 1 aliphatic rings. The zero-order valence-electron chi connectivity index (χ0n) is 15.2. The maximum absolute atomic E-state index is 12.2. The topological polar surface area (TPSA) is 78.6 Å². The zero-order valence-corrected chi connectivity index (χ0v) is 15.2. The molecule has 136 valence electrons. The van der Waals surface area contributed by atoms with Crippen molar-refractivity contribution in [2.24, 2.45) is 17.6 Å². The van der Waals surface area contributed by atoms with Gasteiger partial charge in [0.05, 0.1) is 19.6 Å². The maximum Gasteiger partial charge on any atom is 0.309 e. The van der Waals surface area contributed by atoms with Crippen LogP contribution in [0.1, 0.15) is 49.9 Å². The van der Waals surface area contributed by atoms with E-state index in [1.165, 1.54) is 7.11 Å². The normalized spacial score (nSPS) is 21.2. The van der Waals surface area contributed by atoms with Gasteiger partial charge in [-0.25, -0.2) is 0 Å². The summed E-state index contributed by atoms with van der Waals surface area (Å²) in [4.78, 5) is 24.1. The van der Waals surface area contributed by atoms with E-state index in [4.69, 9.17) is 15.2 Å². The molecule has 2 atom stereocenters. The van der Waals surface area contributed by atoms with Crippen LogP contribution in [0.5, 0.6) is 5.75 Å². The van der Waals surface area contributed by atoms with Crippen molar-refractivity contribution >= 4 is 11.8 Å². The van der Waals surface area contributed by atoms with E-state index in [-0.39, 0.29) is 23.6 Å². The number of allylic oxidation sites excluding steroid dienone is 2. The average molecular weight is 345 g/mol. The van der Waals surface area contributed by atoms with E-state index in [1.807, 2.05) is 0 Å². The molecule has 1 aromatic carbocycles. The number of Topliss-reactive ketones (excluding diaryl/α,β-unsaturated/α-hetero) is 1. The van der Waals surface area contributed by atoms with E-state index in [0.29, 0.717) is 29.2 Å². The zero-order chi connectivity index (χ0) is 18.4. The molecule has 0 aromatic heterocycles. The average Bonchev–Trinajstić information content (AvgIpc) is 2.65. The van der Waals surface area contributed by atoms with Crippen molar-refractivity contribution in [1.29, 1.82) is 0 Å². The lowest BCUT2D eigenvalue weighted by Gasteiger charge is -2.29. The predicted molar refractivity (Wildman–Crippen MR) is 96.3 cm³/mol. The Bertz CT molecular complexity index is 644. The molecule has 25 heavy (non-hydrogen) atoms. The third kappa shape index (κ3) is 4.84. The number of ketones is 1. The second-order valence-corrected chi connectivity index (χ2v) is 6.65. The van der Waals surface area contributed by atoms with Crippen molar-refractivity contribution in [2.75, 3.05) is 13.7 Å². The van der Waals surface area contributed by atoms with Crippen molar-refractivity contribution in [3.63, 3.8) is 0 Å². The molecule has 5 heteroatoms. The highest BCUT2D eigenvalue weighted by atomic mass is 16.5. The van der Waals surface area contributed by atoms with Gasteiger partial charge in [-0.3, -0.25) is 9.59 Å². The van der Waals surface area contributed by atoms with Crippen LogP contribution in [0.4, 0.5) is 0 Å². The summed E-state index contributed by atoms with van der Waals surface area (Å²) in [7, 11) is 1.43. The van der Waals surface area contributed by atoms with Crippen molar-refractivity contribution in [3.05, 3.63) is 41.1 Å². The standard InChI is InChI=1S/C20H27NO4/c1-13(14(2)21)19(22)15-8-10-17(11-9-15)25-12-16-6-4-5-7-18(16)20(23)24-3/h8-11,16,18H,4-7,12,21H2,1-3H3. The molecule has 0 aliphatic heterocycles. The first-order valence-electron chi connectivity index (χ1n) is 8.72. The summed E-state index contributed by atoms with van der Waals surface area (Å²) in [5, 5.41) is 0. The fourth-order valence-corrected chi connectivity index (χ4v) is 3.17. The Morgan fingerprint density at radius 2 is 1.76 bits per heavy atom. The van der Waals surface area contributed by atoms with Crippen molar-refractivity contribution in [1.82, 2.24) is 0 Å². The van der Waals surface area contributed by atoms with Crippen LogP contribution in [0.15, 0.2) is 35.5 Å². The van der Waals surface area contributed by atoms with E-state index < -0.39 is 0 Å². The lowest BCUT2D eigenvalue weighted by atomic mass is 9.80. The summed E-state index contributed by atoms with van der Waals surface area (Å²) in [6, 6.07) is 7.04. The number of nitrogens with two attached hydrogens (primary N) is 1. The first-order chi connectivity index (χ1) is 11.9. The lowest BCUT2D eigenvalue weighted by molar-refractivity contribution is -0.149. The second kappa shape index (κ2) is 8.70. The Hall–Kier alpha value is -2.30. The van der Waals surface area contributed by atoms with E-state index in [0.717, 1.165) is 25.7 Å². The molecule has 1 fully saturated rings. The number of methoxy groups -OCH3 is 1. The molecule has 1 aromatic rings.